The zero-order chi connectivity index (χ0) is 25.0. The largest absolute Gasteiger partial charge is 0.469 e. The van der Waals surface area contributed by atoms with Gasteiger partial charge in [0.1, 0.15) is 12.7 Å². The Morgan fingerprint density at radius 3 is 1.91 bits per heavy atom. The van der Waals surface area contributed by atoms with Crippen molar-refractivity contribution in [3.8, 4) is 0 Å². The number of carbonyl (C=O) groups is 5. The lowest BCUT2D eigenvalue weighted by molar-refractivity contribution is -0.305. The first-order chi connectivity index (χ1) is 15.5. The molecule has 0 aromatic carbocycles. The van der Waals surface area contributed by atoms with E-state index < -0.39 is 54.6 Å². The van der Waals surface area contributed by atoms with Crippen LogP contribution in [-0.4, -0.2) is 80.9 Å². The van der Waals surface area contributed by atoms with Crippen LogP contribution < -0.4 is 0 Å². The molecular weight excluding hydrogens is 444 g/mol. The summed E-state index contributed by atoms with van der Waals surface area (Å²) in [6.45, 7) is 4.23. The standard InChI is InChI=1S/C21H30O12/c1-12(22)29-11-16-18(30-13(2)23)19(31-14(3)24)20(32-15(4)25)21(33-16)28-10-8-6-7-9-17(26)27-5/h6,8,16,18-21H,7,9-11H2,1-5H3/b8-6+/t16-,18+,19+,20-,21+/m1/s1. The molecule has 1 aliphatic heterocycles. The molecule has 0 radical (unpaired) electrons. The molecule has 186 valence electrons. The normalized spacial score (nSPS) is 24.6. The van der Waals surface area contributed by atoms with E-state index in [1.165, 1.54) is 14.0 Å². The molecule has 0 saturated carbocycles. The summed E-state index contributed by atoms with van der Waals surface area (Å²) < 4.78 is 36.8. The number of methoxy groups -OCH3 is 1. The molecule has 1 fully saturated rings. The Bertz CT molecular complexity index is 731. The van der Waals surface area contributed by atoms with Crippen molar-refractivity contribution in [1.82, 2.24) is 0 Å². The Labute approximate surface area is 191 Å². The average molecular weight is 474 g/mol. The maximum absolute atomic E-state index is 11.7. The van der Waals surface area contributed by atoms with Gasteiger partial charge in [-0.2, -0.15) is 0 Å². The Kier molecular flexibility index (Phi) is 12.1. The van der Waals surface area contributed by atoms with Gasteiger partial charge in [0.25, 0.3) is 0 Å². The van der Waals surface area contributed by atoms with Crippen LogP contribution in [0.15, 0.2) is 12.2 Å². The van der Waals surface area contributed by atoms with E-state index >= 15 is 0 Å². The van der Waals surface area contributed by atoms with Crippen molar-refractivity contribution in [2.24, 2.45) is 0 Å². The minimum atomic E-state index is -1.29. The highest BCUT2D eigenvalue weighted by molar-refractivity contribution is 5.69. The quantitative estimate of drug-likeness (QED) is 0.234. The molecule has 0 spiro atoms. The number of esters is 5. The van der Waals surface area contributed by atoms with Crippen LogP contribution in [0.4, 0.5) is 0 Å². The number of hydrogen-bond acceptors (Lipinski definition) is 12. The van der Waals surface area contributed by atoms with E-state index in [2.05, 4.69) is 4.74 Å². The molecule has 1 saturated heterocycles. The third kappa shape index (κ3) is 10.4. The van der Waals surface area contributed by atoms with Crippen LogP contribution in [0.5, 0.6) is 0 Å². The molecule has 0 unspecified atom stereocenters. The number of allylic oxidation sites excluding steroid dienone is 1. The maximum atomic E-state index is 11.7. The number of carbonyl (C=O) groups excluding carboxylic acids is 5. The van der Waals surface area contributed by atoms with Crippen LogP contribution in [0.25, 0.3) is 0 Å². The second-order valence-corrected chi connectivity index (χ2v) is 6.99. The molecule has 0 N–H and O–H groups in total. The van der Waals surface area contributed by atoms with Gasteiger partial charge in [-0.3, -0.25) is 24.0 Å². The van der Waals surface area contributed by atoms with E-state index in [1.54, 1.807) is 12.2 Å². The van der Waals surface area contributed by atoms with Gasteiger partial charge >= 0.3 is 29.8 Å². The third-order valence-electron chi connectivity index (χ3n) is 4.21. The van der Waals surface area contributed by atoms with Crippen LogP contribution in [-0.2, 0) is 57.1 Å². The Morgan fingerprint density at radius 2 is 1.36 bits per heavy atom. The number of rotatable bonds is 11. The van der Waals surface area contributed by atoms with Gasteiger partial charge in [-0.15, -0.1) is 0 Å². The second-order valence-electron chi connectivity index (χ2n) is 6.99. The van der Waals surface area contributed by atoms with Gasteiger partial charge in [-0.25, -0.2) is 0 Å². The van der Waals surface area contributed by atoms with E-state index in [0.29, 0.717) is 6.42 Å². The molecule has 0 aromatic rings. The SMILES string of the molecule is COC(=O)CC/C=C/CO[C@H]1O[C@H](COC(C)=O)[C@H](OC(C)=O)[C@H](OC(C)=O)[C@H]1OC(C)=O. The van der Waals surface area contributed by atoms with Crippen molar-refractivity contribution >= 4 is 29.8 Å². The molecule has 1 heterocycles. The Balaban J connectivity index is 3.08. The summed E-state index contributed by atoms with van der Waals surface area (Å²) in [6, 6.07) is 0. The highest BCUT2D eigenvalue weighted by atomic mass is 16.7. The first-order valence-electron chi connectivity index (χ1n) is 10.2. The summed E-state index contributed by atoms with van der Waals surface area (Å²) in [7, 11) is 1.29. The molecule has 12 heteroatoms. The summed E-state index contributed by atoms with van der Waals surface area (Å²) in [5.41, 5.74) is 0. The molecule has 1 aliphatic rings. The predicted molar refractivity (Wildman–Crippen MR) is 108 cm³/mol. The van der Waals surface area contributed by atoms with Crippen molar-refractivity contribution in [1.29, 1.82) is 0 Å². The van der Waals surface area contributed by atoms with Crippen LogP contribution in [0.3, 0.4) is 0 Å². The minimum Gasteiger partial charge on any atom is -0.469 e. The van der Waals surface area contributed by atoms with Crippen molar-refractivity contribution in [2.75, 3.05) is 20.3 Å². The number of ether oxygens (including phenoxy) is 7. The number of hydrogen-bond donors (Lipinski definition) is 0. The topological polar surface area (TPSA) is 150 Å². The van der Waals surface area contributed by atoms with E-state index in [1.807, 2.05) is 0 Å². The van der Waals surface area contributed by atoms with Crippen LogP contribution in [0.2, 0.25) is 0 Å². The zero-order valence-electron chi connectivity index (χ0n) is 19.3. The van der Waals surface area contributed by atoms with Gasteiger partial charge in [-0.05, 0) is 6.42 Å². The first kappa shape index (κ1) is 28.0. The lowest BCUT2D eigenvalue weighted by Crippen LogP contribution is -2.62. The third-order valence-corrected chi connectivity index (χ3v) is 4.21. The van der Waals surface area contributed by atoms with E-state index in [4.69, 9.17) is 28.4 Å². The molecule has 33 heavy (non-hydrogen) atoms. The summed E-state index contributed by atoms with van der Waals surface area (Å²) >= 11 is 0. The lowest BCUT2D eigenvalue weighted by atomic mass is 9.98. The minimum absolute atomic E-state index is 0.0189. The highest BCUT2D eigenvalue weighted by Crippen LogP contribution is 2.30. The Hall–Kier alpha value is -2.99. The fraction of sp³-hybridized carbons (Fsp3) is 0.667. The summed E-state index contributed by atoms with van der Waals surface area (Å²) in [5.74, 6) is -3.15. The predicted octanol–water partition coefficient (Wildman–Crippen LogP) is 0.596. The average Bonchev–Trinajstić information content (AvgIpc) is 2.71. The van der Waals surface area contributed by atoms with Crippen molar-refractivity contribution < 1.29 is 57.1 Å². The molecule has 0 amide bonds. The molecule has 5 atom stereocenters. The maximum Gasteiger partial charge on any atom is 0.305 e. The lowest BCUT2D eigenvalue weighted by Gasteiger charge is -2.43. The van der Waals surface area contributed by atoms with Gasteiger partial charge < -0.3 is 33.2 Å². The molecule has 0 bridgehead atoms. The zero-order valence-corrected chi connectivity index (χ0v) is 19.3. The Morgan fingerprint density at radius 1 is 0.788 bits per heavy atom. The van der Waals surface area contributed by atoms with Gasteiger partial charge in [0.15, 0.2) is 24.6 Å². The van der Waals surface area contributed by atoms with E-state index in [-0.39, 0.29) is 25.6 Å². The summed E-state index contributed by atoms with van der Waals surface area (Å²) in [4.78, 5) is 57.6. The molecule has 12 nitrogen and oxygen atoms in total. The van der Waals surface area contributed by atoms with Gasteiger partial charge in [0.2, 0.25) is 0 Å². The smallest absolute Gasteiger partial charge is 0.305 e. The fourth-order valence-electron chi connectivity index (χ4n) is 2.96. The summed E-state index contributed by atoms with van der Waals surface area (Å²) in [5, 5.41) is 0. The van der Waals surface area contributed by atoms with Crippen LogP contribution in [0, 0.1) is 0 Å². The van der Waals surface area contributed by atoms with E-state index in [9.17, 15) is 24.0 Å². The van der Waals surface area contributed by atoms with Gasteiger partial charge in [0.05, 0.1) is 13.7 Å². The fourth-order valence-corrected chi connectivity index (χ4v) is 2.96. The van der Waals surface area contributed by atoms with Gasteiger partial charge in [-0.1, -0.05) is 12.2 Å². The summed E-state index contributed by atoms with van der Waals surface area (Å²) in [6.07, 6.45) is -2.27. The molecule has 0 aliphatic carbocycles. The first-order valence-corrected chi connectivity index (χ1v) is 10.2. The molecular formula is C21H30O12. The van der Waals surface area contributed by atoms with Crippen LogP contribution in [0.1, 0.15) is 40.5 Å². The highest BCUT2D eigenvalue weighted by Gasteiger charge is 2.52. The van der Waals surface area contributed by atoms with Crippen LogP contribution >= 0.6 is 0 Å². The molecule has 0 aromatic heterocycles. The van der Waals surface area contributed by atoms with Crippen molar-refractivity contribution in [3.05, 3.63) is 12.2 Å². The monoisotopic (exact) mass is 474 g/mol. The second kappa shape index (κ2) is 14.2. The molecule has 1 rings (SSSR count). The van der Waals surface area contributed by atoms with Crippen molar-refractivity contribution in [3.63, 3.8) is 0 Å². The van der Waals surface area contributed by atoms with Gasteiger partial charge in [0, 0.05) is 34.1 Å². The van der Waals surface area contributed by atoms with Crippen molar-refractivity contribution in [2.45, 2.75) is 71.2 Å². The van der Waals surface area contributed by atoms with E-state index in [0.717, 1.165) is 20.8 Å².